The van der Waals surface area contributed by atoms with Gasteiger partial charge < -0.3 is 20.5 Å². The van der Waals surface area contributed by atoms with Crippen LogP contribution in [0.25, 0.3) is 5.82 Å². The van der Waals surface area contributed by atoms with Crippen LogP contribution in [0.5, 0.6) is 5.75 Å². The number of hydrogen-bond acceptors (Lipinski definition) is 7. The van der Waals surface area contributed by atoms with Gasteiger partial charge in [0.1, 0.15) is 23.6 Å². The maximum atomic E-state index is 12.7. The monoisotopic (exact) mass is 476 g/mol. The number of carbonyl (C=O) groups excluding carboxylic acids is 1. The highest BCUT2D eigenvalue weighted by atomic mass is 35.5. The van der Waals surface area contributed by atoms with Crippen molar-refractivity contribution >= 4 is 29.1 Å². The summed E-state index contributed by atoms with van der Waals surface area (Å²) in [7, 11) is 0. The number of hydrogen-bond donors (Lipinski definition) is 3. The number of aliphatic hydroxyl groups is 1. The molecule has 0 saturated carbocycles. The number of carbonyl (C=O) groups is 1. The van der Waals surface area contributed by atoms with E-state index in [1.54, 1.807) is 47.3 Å². The van der Waals surface area contributed by atoms with Gasteiger partial charge in [-0.2, -0.15) is 4.98 Å². The van der Waals surface area contributed by atoms with Crippen LogP contribution >= 0.6 is 11.6 Å². The Morgan fingerprint density at radius 1 is 1.21 bits per heavy atom. The minimum atomic E-state index is -0.607. The molecule has 2 aromatic carbocycles. The van der Waals surface area contributed by atoms with E-state index in [0.29, 0.717) is 29.0 Å². The Kier molecular flexibility index (Phi) is 6.11. The van der Waals surface area contributed by atoms with E-state index in [0.717, 1.165) is 23.4 Å². The Morgan fingerprint density at radius 3 is 2.97 bits per heavy atom. The summed E-state index contributed by atoms with van der Waals surface area (Å²) >= 11 is 6.03. The molecular formula is C24H21ClN6O3. The van der Waals surface area contributed by atoms with Crippen molar-refractivity contribution in [2.75, 3.05) is 18.5 Å². The maximum Gasteiger partial charge on any atom is 0.272 e. The van der Waals surface area contributed by atoms with Gasteiger partial charge in [-0.15, -0.1) is 0 Å². The van der Waals surface area contributed by atoms with Gasteiger partial charge >= 0.3 is 0 Å². The summed E-state index contributed by atoms with van der Waals surface area (Å²) in [4.78, 5) is 25.7. The van der Waals surface area contributed by atoms with Crippen LogP contribution in [0.15, 0.2) is 67.3 Å². The predicted molar refractivity (Wildman–Crippen MR) is 127 cm³/mol. The summed E-state index contributed by atoms with van der Waals surface area (Å²) < 4.78 is 7.17. The lowest BCUT2D eigenvalue weighted by atomic mass is 10.1. The summed E-state index contributed by atoms with van der Waals surface area (Å²) in [6.45, 7) is 0.419. The first kappa shape index (κ1) is 21.9. The van der Waals surface area contributed by atoms with Gasteiger partial charge in [0, 0.05) is 29.5 Å². The van der Waals surface area contributed by atoms with Crippen LogP contribution in [0, 0.1) is 0 Å². The molecule has 0 fully saturated rings. The van der Waals surface area contributed by atoms with Crippen LogP contribution in [-0.2, 0) is 6.42 Å². The van der Waals surface area contributed by atoms with Crippen molar-refractivity contribution in [2.24, 2.45) is 0 Å². The van der Waals surface area contributed by atoms with Gasteiger partial charge in [0.05, 0.1) is 19.3 Å². The fourth-order valence-corrected chi connectivity index (χ4v) is 3.90. The van der Waals surface area contributed by atoms with Gasteiger partial charge in [-0.3, -0.25) is 9.36 Å². The summed E-state index contributed by atoms with van der Waals surface area (Å²) in [5, 5.41) is 16.2. The van der Waals surface area contributed by atoms with E-state index in [9.17, 15) is 9.90 Å². The second kappa shape index (κ2) is 9.50. The Labute approximate surface area is 200 Å². The van der Waals surface area contributed by atoms with Gasteiger partial charge in [0.15, 0.2) is 0 Å². The predicted octanol–water partition coefficient (Wildman–Crippen LogP) is 3.46. The van der Waals surface area contributed by atoms with Crippen molar-refractivity contribution < 1.29 is 14.6 Å². The van der Waals surface area contributed by atoms with Gasteiger partial charge in [-0.25, -0.2) is 9.97 Å². The minimum Gasteiger partial charge on any atom is -0.493 e. The molecule has 34 heavy (non-hydrogen) atoms. The maximum absolute atomic E-state index is 12.7. The van der Waals surface area contributed by atoms with Crippen LogP contribution in [0.4, 0.5) is 11.6 Å². The van der Waals surface area contributed by atoms with Crippen LogP contribution in [0.3, 0.4) is 0 Å². The topological polar surface area (TPSA) is 114 Å². The number of nitrogens with one attached hydrogen (secondary N) is 2. The number of nitrogens with zero attached hydrogens (tertiary/aromatic N) is 4. The highest BCUT2D eigenvalue weighted by Crippen LogP contribution is 2.28. The van der Waals surface area contributed by atoms with Crippen molar-refractivity contribution in [1.82, 2.24) is 24.8 Å². The zero-order valence-electron chi connectivity index (χ0n) is 18.0. The number of amides is 1. The third kappa shape index (κ3) is 4.70. The number of fused-ring (bicyclic) bond motifs is 1. The average Bonchev–Trinajstić information content (AvgIpc) is 3.52. The summed E-state index contributed by atoms with van der Waals surface area (Å²) in [5.41, 5.74) is 2.90. The van der Waals surface area contributed by atoms with E-state index in [-0.39, 0.29) is 12.3 Å². The molecule has 0 spiro atoms. The molecule has 10 heteroatoms. The highest BCUT2D eigenvalue weighted by molar-refractivity contribution is 6.30. The molecule has 1 amide bonds. The van der Waals surface area contributed by atoms with Crippen molar-refractivity contribution in [3.05, 3.63) is 89.1 Å². The van der Waals surface area contributed by atoms with E-state index in [4.69, 9.17) is 16.3 Å². The largest absolute Gasteiger partial charge is 0.493 e. The molecule has 1 aliphatic heterocycles. The van der Waals surface area contributed by atoms with E-state index >= 15 is 0 Å². The second-order valence-corrected chi connectivity index (χ2v) is 8.15. The van der Waals surface area contributed by atoms with E-state index in [2.05, 4.69) is 25.6 Å². The minimum absolute atomic E-state index is 0.187. The standard InChI is InChI=1S/C24H21ClN6O3/c25-17-3-1-2-15(10-17)20(13-32)29-23(33)19-12-31(14-27-19)22-6-8-26-24(30-22)28-18-4-5-21-16(11-18)7-9-34-21/h1-6,8,10-12,14,20,32H,7,9,13H2,(H,29,33)(H,26,28,30). The smallest absolute Gasteiger partial charge is 0.272 e. The molecule has 0 bridgehead atoms. The third-order valence-corrected chi connectivity index (χ3v) is 5.64. The Balaban J connectivity index is 1.30. The van der Waals surface area contributed by atoms with Gasteiger partial charge in [0.25, 0.3) is 5.91 Å². The van der Waals surface area contributed by atoms with Gasteiger partial charge in [-0.1, -0.05) is 23.7 Å². The molecule has 172 valence electrons. The number of halogens is 1. The Bertz CT molecular complexity index is 1340. The van der Waals surface area contributed by atoms with Gasteiger partial charge in [0.2, 0.25) is 5.95 Å². The molecule has 9 nitrogen and oxygen atoms in total. The molecule has 0 saturated heterocycles. The molecule has 4 aromatic rings. The summed E-state index contributed by atoms with van der Waals surface area (Å²) in [6, 6.07) is 14.0. The Hall–Kier alpha value is -3.95. The molecule has 5 rings (SSSR count). The quantitative estimate of drug-likeness (QED) is 0.374. The van der Waals surface area contributed by atoms with Crippen molar-refractivity contribution in [3.8, 4) is 11.6 Å². The van der Waals surface area contributed by atoms with Crippen LogP contribution in [0.1, 0.15) is 27.7 Å². The van der Waals surface area contributed by atoms with E-state index < -0.39 is 11.9 Å². The molecule has 0 aliphatic carbocycles. The molecule has 1 unspecified atom stereocenters. The number of benzene rings is 2. The lowest BCUT2D eigenvalue weighted by Crippen LogP contribution is -2.31. The number of aliphatic hydroxyl groups excluding tert-OH is 1. The first-order valence-electron chi connectivity index (χ1n) is 10.7. The van der Waals surface area contributed by atoms with Crippen LogP contribution in [0.2, 0.25) is 5.02 Å². The molecular weight excluding hydrogens is 456 g/mol. The number of aromatic nitrogens is 4. The lowest BCUT2D eigenvalue weighted by Gasteiger charge is -2.16. The summed E-state index contributed by atoms with van der Waals surface area (Å²) in [5.74, 6) is 1.44. The lowest BCUT2D eigenvalue weighted by molar-refractivity contribution is 0.0911. The number of ether oxygens (including phenoxy) is 1. The number of rotatable bonds is 7. The van der Waals surface area contributed by atoms with Crippen molar-refractivity contribution in [3.63, 3.8) is 0 Å². The normalized spacial score (nSPS) is 13.1. The number of anilines is 2. The molecule has 3 heterocycles. The molecule has 0 radical (unpaired) electrons. The average molecular weight is 477 g/mol. The summed E-state index contributed by atoms with van der Waals surface area (Å²) in [6.07, 6.45) is 5.57. The third-order valence-electron chi connectivity index (χ3n) is 5.41. The first-order valence-corrected chi connectivity index (χ1v) is 11.0. The second-order valence-electron chi connectivity index (χ2n) is 7.71. The first-order chi connectivity index (χ1) is 16.6. The number of imidazole rings is 1. The zero-order valence-corrected chi connectivity index (χ0v) is 18.7. The molecule has 3 N–H and O–H groups in total. The zero-order chi connectivity index (χ0) is 23.5. The van der Waals surface area contributed by atoms with Crippen LogP contribution in [-0.4, -0.2) is 43.7 Å². The van der Waals surface area contributed by atoms with Crippen LogP contribution < -0.4 is 15.4 Å². The van der Waals surface area contributed by atoms with Crippen molar-refractivity contribution in [1.29, 1.82) is 0 Å². The molecule has 2 aromatic heterocycles. The SMILES string of the molecule is O=C(NC(CO)c1cccc(Cl)c1)c1cn(-c2ccnc(Nc3ccc4c(c3)CCO4)n2)cn1. The Morgan fingerprint density at radius 2 is 2.12 bits per heavy atom. The van der Waals surface area contributed by atoms with Crippen molar-refractivity contribution in [2.45, 2.75) is 12.5 Å². The molecule has 1 aliphatic rings. The van der Waals surface area contributed by atoms with E-state index in [1.807, 2.05) is 18.2 Å². The fourth-order valence-electron chi connectivity index (χ4n) is 3.70. The fraction of sp³-hybridized carbons (Fsp3) is 0.167. The molecule has 1 atom stereocenters. The van der Waals surface area contributed by atoms with Gasteiger partial charge in [-0.05, 0) is 47.5 Å². The highest BCUT2D eigenvalue weighted by Gasteiger charge is 2.18. The van der Waals surface area contributed by atoms with E-state index in [1.165, 1.54) is 6.33 Å².